The average molecular weight is 354 g/mol. The van der Waals surface area contributed by atoms with Gasteiger partial charge in [-0.15, -0.1) is 0 Å². The first-order valence-electron chi connectivity index (χ1n) is 6.58. The lowest BCUT2D eigenvalue weighted by Gasteiger charge is -2.09. The number of nitrogens with one attached hydrogen (secondary N) is 1. The van der Waals surface area contributed by atoms with Crippen molar-refractivity contribution in [1.29, 1.82) is 0 Å². The predicted molar refractivity (Wildman–Crippen MR) is 88.2 cm³/mol. The molecular formula is C16H13Cl2NO4. The fourth-order valence-electron chi connectivity index (χ4n) is 1.80. The van der Waals surface area contributed by atoms with Gasteiger partial charge in [-0.25, -0.2) is 4.79 Å². The molecule has 0 fully saturated rings. The molecule has 0 aromatic heterocycles. The van der Waals surface area contributed by atoms with Gasteiger partial charge in [0.05, 0.1) is 10.7 Å². The Labute approximate surface area is 142 Å². The molecule has 23 heavy (non-hydrogen) atoms. The van der Waals surface area contributed by atoms with Crippen LogP contribution in [0.4, 0.5) is 5.69 Å². The Balaban J connectivity index is 1.94. The number of aromatic hydroxyl groups is 1. The molecular weight excluding hydrogens is 341 g/mol. The molecule has 0 atom stereocenters. The Morgan fingerprint density at radius 3 is 2.57 bits per heavy atom. The summed E-state index contributed by atoms with van der Waals surface area (Å²) in [4.78, 5) is 23.6. The lowest BCUT2D eigenvalue weighted by molar-refractivity contribution is -0.119. The minimum atomic E-state index is -0.792. The summed E-state index contributed by atoms with van der Waals surface area (Å²) in [5, 5.41) is 12.9. The van der Waals surface area contributed by atoms with Crippen LogP contribution >= 0.6 is 23.2 Å². The van der Waals surface area contributed by atoms with E-state index in [9.17, 15) is 14.7 Å². The van der Waals surface area contributed by atoms with Crippen molar-refractivity contribution in [2.24, 2.45) is 0 Å². The summed E-state index contributed by atoms with van der Waals surface area (Å²) in [5.74, 6) is -1.55. The van der Waals surface area contributed by atoms with Crippen molar-refractivity contribution in [1.82, 2.24) is 0 Å². The molecule has 0 aliphatic rings. The Kier molecular flexibility index (Phi) is 5.47. The van der Waals surface area contributed by atoms with Crippen LogP contribution in [0.2, 0.25) is 10.0 Å². The van der Waals surface area contributed by atoms with E-state index in [1.165, 1.54) is 24.3 Å². The maximum Gasteiger partial charge on any atom is 0.342 e. The minimum absolute atomic E-state index is 0.00655. The van der Waals surface area contributed by atoms with Gasteiger partial charge in [0.25, 0.3) is 5.91 Å². The summed E-state index contributed by atoms with van der Waals surface area (Å²) in [5.41, 5.74) is 1.15. The van der Waals surface area contributed by atoms with Crippen LogP contribution in [0, 0.1) is 6.92 Å². The zero-order valence-electron chi connectivity index (χ0n) is 12.1. The van der Waals surface area contributed by atoms with E-state index in [1.54, 1.807) is 19.1 Å². The number of carbonyl (C=O) groups is 2. The van der Waals surface area contributed by atoms with Crippen molar-refractivity contribution < 1.29 is 19.4 Å². The number of esters is 1. The van der Waals surface area contributed by atoms with E-state index in [-0.39, 0.29) is 16.3 Å². The van der Waals surface area contributed by atoms with Gasteiger partial charge >= 0.3 is 5.97 Å². The zero-order chi connectivity index (χ0) is 17.0. The Morgan fingerprint density at radius 2 is 1.91 bits per heavy atom. The molecule has 120 valence electrons. The van der Waals surface area contributed by atoms with Crippen LogP contribution in [0.5, 0.6) is 5.75 Å². The molecule has 0 saturated heterocycles. The van der Waals surface area contributed by atoms with Gasteiger partial charge in [-0.3, -0.25) is 4.79 Å². The minimum Gasteiger partial charge on any atom is -0.507 e. The van der Waals surface area contributed by atoms with Crippen LogP contribution in [0.25, 0.3) is 0 Å². The van der Waals surface area contributed by atoms with Gasteiger partial charge in [0.15, 0.2) is 6.61 Å². The van der Waals surface area contributed by atoms with E-state index in [2.05, 4.69) is 5.32 Å². The number of benzene rings is 2. The van der Waals surface area contributed by atoms with Crippen molar-refractivity contribution in [2.75, 3.05) is 11.9 Å². The van der Waals surface area contributed by atoms with Gasteiger partial charge < -0.3 is 15.2 Å². The number of hydrogen-bond donors (Lipinski definition) is 2. The number of aryl methyl sites for hydroxylation is 1. The third kappa shape index (κ3) is 4.61. The number of rotatable bonds is 4. The Hall–Kier alpha value is -2.24. The molecule has 2 rings (SSSR count). The highest BCUT2D eigenvalue weighted by atomic mass is 35.5. The van der Waals surface area contributed by atoms with Crippen molar-refractivity contribution in [3.05, 3.63) is 57.6 Å². The molecule has 0 bridgehead atoms. The summed E-state index contributed by atoms with van der Waals surface area (Å²) in [6.07, 6.45) is 0. The highest BCUT2D eigenvalue weighted by Gasteiger charge is 2.15. The van der Waals surface area contributed by atoms with Crippen LogP contribution in [0.1, 0.15) is 15.9 Å². The molecule has 0 heterocycles. The first-order valence-corrected chi connectivity index (χ1v) is 7.34. The monoisotopic (exact) mass is 353 g/mol. The molecule has 0 saturated carbocycles. The zero-order valence-corrected chi connectivity index (χ0v) is 13.6. The average Bonchev–Trinajstić information content (AvgIpc) is 2.48. The maximum absolute atomic E-state index is 11.8. The fraction of sp³-hybridized carbons (Fsp3) is 0.125. The predicted octanol–water partition coefficient (Wildman–Crippen LogP) is 3.80. The van der Waals surface area contributed by atoms with Crippen molar-refractivity contribution in [3.8, 4) is 5.75 Å². The Morgan fingerprint density at radius 1 is 1.17 bits per heavy atom. The molecule has 5 nitrogen and oxygen atoms in total. The fourth-order valence-corrected chi connectivity index (χ4v) is 2.26. The lowest BCUT2D eigenvalue weighted by atomic mass is 10.1. The summed E-state index contributed by atoms with van der Waals surface area (Å²) in [7, 11) is 0. The second-order valence-corrected chi connectivity index (χ2v) is 5.61. The number of carbonyl (C=O) groups excluding carboxylic acids is 2. The van der Waals surface area contributed by atoms with Crippen molar-refractivity contribution in [2.45, 2.75) is 6.92 Å². The van der Waals surface area contributed by atoms with Gasteiger partial charge in [0.1, 0.15) is 11.3 Å². The third-order valence-electron chi connectivity index (χ3n) is 2.91. The lowest BCUT2D eigenvalue weighted by Crippen LogP contribution is -2.21. The second-order valence-electron chi connectivity index (χ2n) is 4.77. The quantitative estimate of drug-likeness (QED) is 0.819. The molecule has 1 amide bonds. The molecule has 0 spiro atoms. The number of anilines is 1. The third-order valence-corrected chi connectivity index (χ3v) is 3.46. The van der Waals surface area contributed by atoms with Crippen LogP contribution in [-0.4, -0.2) is 23.6 Å². The number of phenols is 1. The number of ether oxygens (including phenoxy) is 1. The van der Waals surface area contributed by atoms with Crippen molar-refractivity contribution >= 4 is 40.8 Å². The number of phenolic OH excluding ortho intramolecular Hbond substituents is 1. The van der Waals surface area contributed by atoms with E-state index in [0.717, 1.165) is 5.56 Å². The second kappa shape index (κ2) is 7.35. The van der Waals surface area contributed by atoms with E-state index in [4.69, 9.17) is 27.9 Å². The first-order chi connectivity index (χ1) is 10.9. The van der Waals surface area contributed by atoms with E-state index >= 15 is 0 Å². The highest BCUT2D eigenvalue weighted by molar-refractivity contribution is 6.36. The molecule has 7 heteroatoms. The van der Waals surface area contributed by atoms with Crippen molar-refractivity contribution in [3.63, 3.8) is 0 Å². The maximum atomic E-state index is 11.8. The van der Waals surface area contributed by atoms with E-state index in [1.807, 2.05) is 0 Å². The highest BCUT2D eigenvalue weighted by Crippen LogP contribution is 2.25. The number of hydrogen-bond acceptors (Lipinski definition) is 4. The molecule has 0 aliphatic carbocycles. The molecule has 0 radical (unpaired) electrons. The Bertz CT molecular complexity index is 762. The summed E-state index contributed by atoms with van der Waals surface area (Å²) in [6, 6.07) is 9.11. The van der Waals surface area contributed by atoms with Crippen LogP contribution in [0.15, 0.2) is 36.4 Å². The number of amides is 1. The molecule has 2 aromatic rings. The largest absolute Gasteiger partial charge is 0.507 e. The molecule has 2 aromatic carbocycles. The molecule has 0 unspecified atom stereocenters. The summed E-state index contributed by atoms with van der Waals surface area (Å²) in [6.45, 7) is 1.27. The first kappa shape index (κ1) is 17.1. The van der Waals surface area contributed by atoms with Gasteiger partial charge in [-0.1, -0.05) is 29.3 Å². The van der Waals surface area contributed by atoms with Crippen LogP contribution in [-0.2, 0) is 9.53 Å². The summed E-state index contributed by atoms with van der Waals surface area (Å²) < 4.78 is 4.87. The van der Waals surface area contributed by atoms with E-state index in [0.29, 0.717) is 10.7 Å². The van der Waals surface area contributed by atoms with Crippen LogP contribution in [0.3, 0.4) is 0 Å². The smallest absolute Gasteiger partial charge is 0.342 e. The van der Waals surface area contributed by atoms with Gasteiger partial charge in [-0.05, 0) is 42.8 Å². The standard InChI is InChI=1S/C16H13Cl2NO4/c1-9-2-4-11(14(20)6-9)16(22)23-8-15(21)19-13-5-3-10(17)7-12(13)18/h2-7,20H,8H2,1H3,(H,19,21). The molecule has 0 aliphatic heterocycles. The summed E-state index contributed by atoms with van der Waals surface area (Å²) >= 11 is 11.7. The van der Waals surface area contributed by atoms with E-state index < -0.39 is 18.5 Å². The van der Waals surface area contributed by atoms with Gasteiger partial charge in [0, 0.05) is 5.02 Å². The molecule has 2 N–H and O–H groups in total. The normalized spacial score (nSPS) is 10.2. The van der Waals surface area contributed by atoms with Gasteiger partial charge in [0.2, 0.25) is 0 Å². The number of halogens is 2. The topological polar surface area (TPSA) is 75.6 Å². The van der Waals surface area contributed by atoms with Gasteiger partial charge in [-0.2, -0.15) is 0 Å². The van der Waals surface area contributed by atoms with Crippen LogP contribution < -0.4 is 5.32 Å². The SMILES string of the molecule is Cc1ccc(C(=O)OCC(=O)Nc2ccc(Cl)cc2Cl)c(O)c1.